The summed E-state index contributed by atoms with van der Waals surface area (Å²) in [6.07, 6.45) is 2.73. The van der Waals surface area contributed by atoms with Crippen molar-refractivity contribution in [3.8, 4) is 11.1 Å². The minimum atomic E-state index is 0.640. The molecule has 3 heterocycles. The maximum Gasteiger partial charge on any atom is 0.177 e. The lowest BCUT2D eigenvalue weighted by molar-refractivity contribution is 0.393. The fourth-order valence-electron chi connectivity index (χ4n) is 3.45. The van der Waals surface area contributed by atoms with Crippen LogP contribution in [0, 0.1) is 20.8 Å². The van der Waals surface area contributed by atoms with Crippen LogP contribution in [0.15, 0.2) is 41.1 Å². The van der Waals surface area contributed by atoms with Gasteiger partial charge in [-0.25, -0.2) is 9.97 Å². The molecule has 4 aromatic rings. The highest BCUT2D eigenvalue weighted by Crippen LogP contribution is 2.29. The van der Waals surface area contributed by atoms with E-state index in [1.165, 1.54) is 11.1 Å². The van der Waals surface area contributed by atoms with Gasteiger partial charge >= 0.3 is 0 Å². The molecule has 6 heteroatoms. The molecule has 4 rings (SSSR count). The van der Waals surface area contributed by atoms with Crippen molar-refractivity contribution in [1.29, 1.82) is 0 Å². The molecule has 0 aliphatic rings. The molecule has 3 aromatic heterocycles. The Morgan fingerprint density at radius 2 is 1.81 bits per heavy atom. The molecule has 5 nitrogen and oxygen atoms in total. The van der Waals surface area contributed by atoms with E-state index in [0.717, 1.165) is 52.5 Å². The zero-order valence-corrected chi connectivity index (χ0v) is 16.4. The van der Waals surface area contributed by atoms with E-state index in [1.807, 2.05) is 27.0 Å². The second-order valence-corrected chi connectivity index (χ2v) is 7.14. The number of alkyl halides is 1. The molecular formula is C21H21ClN4O. The Bertz CT molecular complexity index is 1080. The number of hydrogen-bond donors (Lipinski definition) is 0. The van der Waals surface area contributed by atoms with Gasteiger partial charge in [-0.1, -0.05) is 29.4 Å². The number of aromatic nitrogens is 4. The monoisotopic (exact) mass is 380 g/mol. The van der Waals surface area contributed by atoms with Gasteiger partial charge in [0.25, 0.3) is 0 Å². The number of nitrogens with zero attached hydrogens (tertiary/aromatic N) is 4. The summed E-state index contributed by atoms with van der Waals surface area (Å²) >= 11 is 5.83. The molecule has 1 aromatic carbocycles. The van der Waals surface area contributed by atoms with Crippen molar-refractivity contribution in [1.82, 2.24) is 19.7 Å². The molecule has 0 saturated heterocycles. The number of fused-ring (bicyclic) bond motifs is 1. The van der Waals surface area contributed by atoms with Gasteiger partial charge < -0.3 is 9.09 Å². The number of imidazole rings is 1. The number of aryl methyl sites for hydroxylation is 4. The maximum atomic E-state index is 5.83. The van der Waals surface area contributed by atoms with Gasteiger partial charge in [0.2, 0.25) is 0 Å². The second kappa shape index (κ2) is 7.16. The van der Waals surface area contributed by atoms with E-state index in [2.05, 4.69) is 50.0 Å². The summed E-state index contributed by atoms with van der Waals surface area (Å²) in [4.78, 5) is 9.18. The second-order valence-electron chi connectivity index (χ2n) is 6.77. The van der Waals surface area contributed by atoms with Crippen LogP contribution in [0.3, 0.4) is 0 Å². The number of benzene rings is 1. The molecule has 0 fully saturated rings. The molecule has 0 amide bonds. The predicted octanol–water partition coefficient (Wildman–Crippen LogP) is 4.84. The molecule has 0 saturated carbocycles. The fraction of sp³-hybridized carbons (Fsp3) is 0.286. The summed E-state index contributed by atoms with van der Waals surface area (Å²) in [5, 5.41) is 4.06. The molecule has 138 valence electrons. The molecule has 0 aliphatic carbocycles. The first-order valence-electron chi connectivity index (χ1n) is 8.96. The third-order valence-corrected chi connectivity index (χ3v) is 5.05. The average Bonchev–Trinajstić information content (AvgIpc) is 3.15. The van der Waals surface area contributed by atoms with Crippen LogP contribution in [0.1, 0.15) is 28.4 Å². The van der Waals surface area contributed by atoms with E-state index >= 15 is 0 Å². The summed E-state index contributed by atoms with van der Waals surface area (Å²) in [5.74, 6) is 2.38. The van der Waals surface area contributed by atoms with Crippen molar-refractivity contribution in [2.75, 3.05) is 5.88 Å². The first-order chi connectivity index (χ1) is 13.1. The van der Waals surface area contributed by atoms with Crippen LogP contribution in [-0.4, -0.2) is 25.6 Å². The lowest BCUT2D eigenvalue weighted by Gasteiger charge is -2.09. The summed E-state index contributed by atoms with van der Waals surface area (Å²) in [5.41, 5.74) is 7.10. The Kier molecular flexibility index (Phi) is 4.70. The maximum absolute atomic E-state index is 5.83. The van der Waals surface area contributed by atoms with Crippen LogP contribution < -0.4 is 0 Å². The first kappa shape index (κ1) is 17.7. The first-order valence-corrected chi connectivity index (χ1v) is 9.50. The van der Waals surface area contributed by atoms with E-state index < -0.39 is 0 Å². The smallest absolute Gasteiger partial charge is 0.177 e. The van der Waals surface area contributed by atoms with Crippen molar-refractivity contribution in [2.24, 2.45) is 0 Å². The lowest BCUT2D eigenvalue weighted by Crippen LogP contribution is -2.02. The molecule has 0 atom stereocenters. The standard InChI is InChI=1S/C21H21ClN4O/c1-13-20(14(2)27-25-13)18-10-19-21(23-11-18)24-15(3)26(19)12-17-6-4-16(5-7-17)8-9-22/h4-7,10-11H,8-9,12H2,1-3H3. The third kappa shape index (κ3) is 3.35. The Balaban J connectivity index is 1.74. The Morgan fingerprint density at radius 1 is 1.07 bits per heavy atom. The molecule has 0 spiro atoms. The summed E-state index contributed by atoms with van der Waals surface area (Å²) in [7, 11) is 0. The molecule has 0 N–H and O–H groups in total. The van der Waals surface area contributed by atoms with Gasteiger partial charge in [0, 0.05) is 29.7 Å². The Morgan fingerprint density at radius 3 is 2.48 bits per heavy atom. The Hall–Kier alpha value is -2.66. The highest BCUT2D eigenvalue weighted by molar-refractivity contribution is 6.17. The van der Waals surface area contributed by atoms with Gasteiger partial charge in [0.05, 0.1) is 11.2 Å². The summed E-state index contributed by atoms with van der Waals surface area (Å²) in [6.45, 7) is 6.63. The third-order valence-electron chi connectivity index (χ3n) is 4.87. The van der Waals surface area contributed by atoms with Gasteiger partial charge in [0.1, 0.15) is 11.6 Å². The van der Waals surface area contributed by atoms with E-state index in [-0.39, 0.29) is 0 Å². The van der Waals surface area contributed by atoms with Crippen LogP contribution in [0.5, 0.6) is 0 Å². The van der Waals surface area contributed by atoms with E-state index in [0.29, 0.717) is 5.88 Å². The number of rotatable bonds is 5. The molecular weight excluding hydrogens is 360 g/mol. The largest absolute Gasteiger partial charge is 0.361 e. The zero-order chi connectivity index (χ0) is 19.0. The van der Waals surface area contributed by atoms with Crippen LogP contribution in [-0.2, 0) is 13.0 Å². The molecule has 0 bridgehead atoms. The summed E-state index contributed by atoms with van der Waals surface area (Å²) in [6, 6.07) is 10.7. The molecule has 0 radical (unpaired) electrons. The van der Waals surface area contributed by atoms with Crippen LogP contribution >= 0.6 is 11.6 Å². The van der Waals surface area contributed by atoms with Crippen molar-refractivity contribution in [3.05, 3.63) is 64.9 Å². The highest BCUT2D eigenvalue weighted by atomic mass is 35.5. The number of halogens is 1. The lowest BCUT2D eigenvalue weighted by atomic mass is 10.1. The zero-order valence-electron chi connectivity index (χ0n) is 15.7. The molecule has 0 aliphatic heterocycles. The van der Waals surface area contributed by atoms with Crippen LogP contribution in [0.25, 0.3) is 22.3 Å². The van der Waals surface area contributed by atoms with Gasteiger partial charge in [-0.2, -0.15) is 0 Å². The van der Waals surface area contributed by atoms with E-state index in [4.69, 9.17) is 16.1 Å². The van der Waals surface area contributed by atoms with E-state index in [9.17, 15) is 0 Å². The molecule has 0 unspecified atom stereocenters. The van der Waals surface area contributed by atoms with Crippen molar-refractivity contribution in [2.45, 2.75) is 33.7 Å². The van der Waals surface area contributed by atoms with Crippen LogP contribution in [0.2, 0.25) is 0 Å². The van der Waals surface area contributed by atoms with Gasteiger partial charge in [-0.05, 0) is 44.4 Å². The predicted molar refractivity (Wildman–Crippen MR) is 107 cm³/mol. The average molecular weight is 381 g/mol. The van der Waals surface area contributed by atoms with Gasteiger partial charge in [-0.15, -0.1) is 11.6 Å². The number of pyridine rings is 1. The normalized spacial score (nSPS) is 11.4. The van der Waals surface area contributed by atoms with E-state index in [1.54, 1.807) is 0 Å². The quantitative estimate of drug-likeness (QED) is 0.465. The van der Waals surface area contributed by atoms with Crippen LogP contribution in [0.4, 0.5) is 0 Å². The SMILES string of the molecule is Cc1noc(C)c1-c1cnc2nc(C)n(Cc3ccc(CCCl)cc3)c2c1. The van der Waals surface area contributed by atoms with Crippen molar-refractivity contribution in [3.63, 3.8) is 0 Å². The van der Waals surface area contributed by atoms with Gasteiger partial charge in [-0.3, -0.25) is 0 Å². The van der Waals surface area contributed by atoms with Gasteiger partial charge in [0.15, 0.2) is 5.65 Å². The minimum absolute atomic E-state index is 0.640. The topological polar surface area (TPSA) is 56.7 Å². The van der Waals surface area contributed by atoms with Crippen molar-refractivity contribution >= 4 is 22.8 Å². The Labute approximate surface area is 163 Å². The molecule has 27 heavy (non-hydrogen) atoms. The highest BCUT2D eigenvalue weighted by Gasteiger charge is 2.15. The van der Waals surface area contributed by atoms with Crippen molar-refractivity contribution < 1.29 is 4.52 Å². The number of hydrogen-bond acceptors (Lipinski definition) is 4. The summed E-state index contributed by atoms with van der Waals surface area (Å²) < 4.78 is 7.51. The minimum Gasteiger partial charge on any atom is -0.361 e. The fourth-order valence-corrected chi connectivity index (χ4v) is 3.67.